The van der Waals surface area contributed by atoms with Crippen molar-refractivity contribution in [1.29, 1.82) is 0 Å². The van der Waals surface area contributed by atoms with Crippen LogP contribution in [0.15, 0.2) is 42.5 Å². The summed E-state index contributed by atoms with van der Waals surface area (Å²) in [5.74, 6) is 0.580. The molecule has 0 bridgehead atoms. The molecular formula is C17H23N3O. The predicted molar refractivity (Wildman–Crippen MR) is 84.2 cm³/mol. The zero-order valence-electron chi connectivity index (χ0n) is 13.0. The lowest BCUT2D eigenvalue weighted by Crippen LogP contribution is -2.34. The molecule has 4 nitrogen and oxygen atoms in total. The van der Waals surface area contributed by atoms with Gasteiger partial charge in [-0.25, -0.2) is 0 Å². The molecule has 2 rings (SSSR count). The molecule has 0 aliphatic rings. The van der Waals surface area contributed by atoms with Crippen molar-refractivity contribution in [2.45, 2.75) is 27.3 Å². The van der Waals surface area contributed by atoms with Gasteiger partial charge in [-0.1, -0.05) is 44.2 Å². The van der Waals surface area contributed by atoms with Gasteiger partial charge in [0.15, 0.2) is 0 Å². The van der Waals surface area contributed by atoms with Gasteiger partial charge in [0, 0.05) is 24.6 Å². The second-order valence-electron chi connectivity index (χ2n) is 6.05. The second-order valence-corrected chi connectivity index (χ2v) is 6.05. The minimum absolute atomic E-state index is 0.0291. The highest BCUT2D eigenvalue weighted by Crippen LogP contribution is 2.16. The van der Waals surface area contributed by atoms with Crippen LogP contribution in [0.3, 0.4) is 0 Å². The molecule has 0 fully saturated rings. The van der Waals surface area contributed by atoms with Crippen LogP contribution < -0.4 is 10.1 Å². The zero-order valence-corrected chi connectivity index (χ0v) is 13.0. The second kappa shape index (κ2) is 7.18. The van der Waals surface area contributed by atoms with Crippen LogP contribution in [-0.4, -0.2) is 23.3 Å². The number of aryl methyl sites for hydroxylation is 1. The summed E-state index contributed by atoms with van der Waals surface area (Å²) in [7, 11) is 0. The average Bonchev–Trinajstić information content (AvgIpc) is 2.48. The van der Waals surface area contributed by atoms with Crippen LogP contribution in [0.25, 0.3) is 0 Å². The lowest BCUT2D eigenvalue weighted by atomic mass is 9.95. The Balaban J connectivity index is 1.75. The fourth-order valence-electron chi connectivity index (χ4n) is 1.93. The van der Waals surface area contributed by atoms with Crippen LogP contribution in [0, 0.1) is 12.3 Å². The largest absolute Gasteiger partial charge is 0.476 e. The monoisotopic (exact) mass is 285 g/mol. The van der Waals surface area contributed by atoms with E-state index in [-0.39, 0.29) is 5.41 Å². The molecule has 0 atom stereocenters. The highest BCUT2D eigenvalue weighted by atomic mass is 16.5. The predicted octanol–water partition coefficient (Wildman–Crippen LogP) is 2.98. The van der Waals surface area contributed by atoms with E-state index >= 15 is 0 Å². The Labute approximate surface area is 126 Å². The fourth-order valence-corrected chi connectivity index (χ4v) is 1.93. The molecule has 0 amide bonds. The minimum Gasteiger partial charge on any atom is -0.476 e. The third-order valence-electron chi connectivity index (χ3n) is 3.16. The maximum absolute atomic E-state index is 5.71. The lowest BCUT2D eigenvalue weighted by Gasteiger charge is -2.24. The third-order valence-corrected chi connectivity index (χ3v) is 3.16. The Hall–Kier alpha value is -1.94. The standard InChI is InChI=1S/C17H23N3O/c1-14-9-10-16(20-19-14)21-13-17(2,3)12-18-11-15-7-5-4-6-8-15/h4-10,18H,11-13H2,1-3H3. The van der Waals surface area contributed by atoms with Crippen molar-refractivity contribution in [3.63, 3.8) is 0 Å². The van der Waals surface area contributed by atoms with Crippen LogP contribution in [-0.2, 0) is 6.54 Å². The van der Waals surface area contributed by atoms with E-state index in [4.69, 9.17) is 4.74 Å². The van der Waals surface area contributed by atoms with Crippen LogP contribution in [0.4, 0.5) is 0 Å². The molecular weight excluding hydrogens is 262 g/mol. The van der Waals surface area contributed by atoms with Crippen LogP contribution in [0.2, 0.25) is 0 Å². The van der Waals surface area contributed by atoms with Crippen molar-refractivity contribution in [3.05, 3.63) is 53.7 Å². The van der Waals surface area contributed by atoms with Crippen molar-refractivity contribution in [2.24, 2.45) is 5.41 Å². The number of nitrogens with one attached hydrogen (secondary N) is 1. The van der Waals surface area contributed by atoms with E-state index in [0.29, 0.717) is 12.5 Å². The van der Waals surface area contributed by atoms with E-state index in [9.17, 15) is 0 Å². The molecule has 1 aromatic heterocycles. The van der Waals surface area contributed by atoms with Gasteiger partial charge < -0.3 is 10.1 Å². The van der Waals surface area contributed by atoms with Gasteiger partial charge in [-0.2, -0.15) is 5.10 Å². The molecule has 0 saturated carbocycles. The highest BCUT2D eigenvalue weighted by Gasteiger charge is 2.18. The van der Waals surface area contributed by atoms with E-state index in [1.807, 2.05) is 25.1 Å². The number of rotatable bonds is 7. The summed E-state index contributed by atoms with van der Waals surface area (Å²) in [6, 6.07) is 14.2. The maximum atomic E-state index is 5.71. The highest BCUT2D eigenvalue weighted by molar-refractivity contribution is 5.14. The molecule has 21 heavy (non-hydrogen) atoms. The maximum Gasteiger partial charge on any atom is 0.233 e. The third kappa shape index (κ3) is 5.52. The Morgan fingerprint density at radius 1 is 1.05 bits per heavy atom. The summed E-state index contributed by atoms with van der Waals surface area (Å²) in [6.07, 6.45) is 0. The number of ether oxygens (including phenoxy) is 1. The summed E-state index contributed by atoms with van der Waals surface area (Å²) in [5.41, 5.74) is 2.21. The Morgan fingerprint density at radius 3 is 2.48 bits per heavy atom. The first-order chi connectivity index (χ1) is 10.1. The molecule has 1 N–H and O–H groups in total. The van der Waals surface area contributed by atoms with Gasteiger partial charge >= 0.3 is 0 Å². The first-order valence-electron chi connectivity index (χ1n) is 7.23. The molecule has 0 aliphatic heterocycles. The molecule has 112 valence electrons. The van der Waals surface area contributed by atoms with Gasteiger partial charge in [0.1, 0.15) is 0 Å². The Bertz CT molecular complexity index is 538. The molecule has 1 heterocycles. The van der Waals surface area contributed by atoms with Crippen molar-refractivity contribution >= 4 is 0 Å². The van der Waals surface area contributed by atoms with Gasteiger partial charge in [-0.15, -0.1) is 5.10 Å². The smallest absolute Gasteiger partial charge is 0.233 e. The lowest BCUT2D eigenvalue weighted by molar-refractivity contribution is 0.169. The molecule has 2 aromatic rings. The molecule has 0 aliphatic carbocycles. The molecule has 1 aromatic carbocycles. The first kappa shape index (κ1) is 15.4. The van der Waals surface area contributed by atoms with Crippen molar-refractivity contribution in [1.82, 2.24) is 15.5 Å². The van der Waals surface area contributed by atoms with E-state index in [0.717, 1.165) is 18.8 Å². The topological polar surface area (TPSA) is 47.0 Å². The zero-order chi connectivity index (χ0) is 15.1. The summed E-state index contributed by atoms with van der Waals surface area (Å²) < 4.78 is 5.71. The van der Waals surface area contributed by atoms with Gasteiger partial charge in [-0.3, -0.25) is 0 Å². The molecule has 0 radical (unpaired) electrons. The Kier molecular flexibility index (Phi) is 5.28. The van der Waals surface area contributed by atoms with Gasteiger partial charge in [0.2, 0.25) is 5.88 Å². The van der Waals surface area contributed by atoms with Crippen molar-refractivity contribution in [2.75, 3.05) is 13.2 Å². The van der Waals surface area contributed by atoms with Gasteiger partial charge in [0.25, 0.3) is 0 Å². The van der Waals surface area contributed by atoms with E-state index in [1.165, 1.54) is 5.56 Å². The quantitative estimate of drug-likeness (QED) is 0.849. The number of benzene rings is 1. The summed E-state index contributed by atoms with van der Waals surface area (Å²) in [6.45, 7) is 8.61. The summed E-state index contributed by atoms with van der Waals surface area (Å²) >= 11 is 0. The molecule has 0 unspecified atom stereocenters. The molecule has 4 heteroatoms. The average molecular weight is 285 g/mol. The van der Waals surface area contributed by atoms with Crippen LogP contribution in [0.1, 0.15) is 25.1 Å². The summed E-state index contributed by atoms with van der Waals surface area (Å²) in [5, 5.41) is 11.5. The number of hydrogen-bond acceptors (Lipinski definition) is 4. The summed E-state index contributed by atoms with van der Waals surface area (Å²) in [4.78, 5) is 0. The number of hydrogen-bond donors (Lipinski definition) is 1. The Morgan fingerprint density at radius 2 is 1.81 bits per heavy atom. The van der Waals surface area contributed by atoms with Crippen LogP contribution >= 0.6 is 0 Å². The number of aromatic nitrogens is 2. The van der Waals surface area contributed by atoms with Crippen LogP contribution in [0.5, 0.6) is 5.88 Å². The van der Waals surface area contributed by atoms with Gasteiger partial charge in [0.05, 0.1) is 12.3 Å². The van der Waals surface area contributed by atoms with E-state index in [2.05, 4.69) is 53.6 Å². The van der Waals surface area contributed by atoms with E-state index < -0.39 is 0 Å². The molecule has 0 saturated heterocycles. The first-order valence-corrected chi connectivity index (χ1v) is 7.23. The van der Waals surface area contributed by atoms with Crippen molar-refractivity contribution < 1.29 is 4.74 Å². The number of nitrogens with zero attached hydrogens (tertiary/aromatic N) is 2. The fraction of sp³-hybridized carbons (Fsp3) is 0.412. The minimum atomic E-state index is 0.0291. The molecule has 0 spiro atoms. The van der Waals surface area contributed by atoms with Gasteiger partial charge in [-0.05, 0) is 18.6 Å². The van der Waals surface area contributed by atoms with Crippen molar-refractivity contribution in [3.8, 4) is 5.88 Å². The SMILES string of the molecule is Cc1ccc(OCC(C)(C)CNCc2ccccc2)nn1. The normalized spacial score (nSPS) is 11.4. The van der Waals surface area contributed by atoms with E-state index in [1.54, 1.807) is 0 Å².